The van der Waals surface area contributed by atoms with Crippen molar-refractivity contribution in [3.63, 3.8) is 0 Å². The average Bonchev–Trinajstić information content (AvgIpc) is 1.59. The van der Waals surface area contributed by atoms with Gasteiger partial charge in [0.05, 0.1) is 0 Å². The van der Waals surface area contributed by atoms with Gasteiger partial charge in [0.15, 0.2) is 0 Å². The lowest BCUT2D eigenvalue weighted by atomic mass is 9.79. The number of rotatable bonds is 9. The molecule has 0 saturated heterocycles. The zero-order valence-corrected chi connectivity index (χ0v) is 55.2. The third kappa shape index (κ3) is 8.44. The van der Waals surface area contributed by atoms with Crippen LogP contribution in [0.2, 0.25) is 0 Å². The molecule has 16 aromatic carbocycles. The average molecular weight is 1240 g/mol. The van der Waals surface area contributed by atoms with Crippen molar-refractivity contribution >= 4 is 21.5 Å². The molecule has 20 rings (SSSR count). The fraction of sp³-hybridized carbons (Fsp3) is 0.0612. The number of benzene rings is 16. The molecular formula is C98H66. The summed E-state index contributed by atoms with van der Waals surface area (Å²) in [6, 6.07) is 123. The molecule has 0 aromatic heterocycles. The van der Waals surface area contributed by atoms with Crippen LogP contribution < -0.4 is 0 Å². The molecule has 0 N–H and O–H groups in total. The Morgan fingerprint density at radius 3 is 0.622 bits per heavy atom. The van der Waals surface area contributed by atoms with Gasteiger partial charge in [-0.15, -0.1) is 0 Å². The third-order valence-corrected chi connectivity index (χ3v) is 22.6. The van der Waals surface area contributed by atoms with Crippen LogP contribution in [0.25, 0.3) is 188 Å². The molecular weight excluding hydrogens is 1180 g/mol. The SMILES string of the molecule is CC1(C)c2cc(-c3ccc(-c4ccc(-c5ccc(-c6ccc(-c7ccccc7)c7c6-c6cccc8cccc-7c68)cc5)cc4)cc3)ccc2-c2ccc(-c3ccc4c(c3)C(C)(C)c3cc(-c5ccc(-c6ccc(-c7ccccc7)c7c6-c6cccc8cccc-7c68)cc5)ccc3-4)cc21. The molecule has 4 aliphatic rings. The minimum Gasteiger partial charge on any atom is -0.0622 e. The van der Waals surface area contributed by atoms with Crippen molar-refractivity contribution < 1.29 is 0 Å². The van der Waals surface area contributed by atoms with Gasteiger partial charge in [-0.05, 0) is 235 Å². The summed E-state index contributed by atoms with van der Waals surface area (Å²) in [4.78, 5) is 0. The first-order valence-corrected chi connectivity index (χ1v) is 34.6. The Kier molecular flexibility index (Phi) is 12.2. The molecule has 0 aliphatic heterocycles. The standard InChI is InChI=1S/C98H66/c1-97(2)87-55-71(63-33-31-61(32-34-63)59-27-29-60(30-28-59)62-35-39-67(40-36-62)77-53-51-75(65-15-7-5-8-16-65)93-83-23-11-19-69-21-13-25-85(91(69)83)95(77)93)43-47-79(87)81-49-45-73(57-89(81)97)74-46-50-82-80-48-44-72(56-88(80)98(3,4)90(82)58-74)64-37-41-68(42-38-64)78-54-52-76(66-17-9-6-10-18-66)94-84-24-12-20-70-22-14-26-86(92(70)84)96(78)94/h5-58H,1-4H3. The predicted molar refractivity (Wildman–Crippen MR) is 414 cm³/mol. The van der Waals surface area contributed by atoms with Crippen molar-refractivity contribution in [2.24, 2.45) is 0 Å². The molecule has 16 aromatic rings. The highest BCUT2D eigenvalue weighted by atomic mass is 14.4. The van der Waals surface area contributed by atoms with E-state index in [1.165, 1.54) is 211 Å². The molecule has 0 saturated carbocycles. The second-order valence-electron chi connectivity index (χ2n) is 28.6. The molecule has 98 heavy (non-hydrogen) atoms. The summed E-state index contributed by atoms with van der Waals surface area (Å²) in [6.07, 6.45) is 0. The maximum atomic E-state index is 2.48. The molecule has 4 aliphatic carbocycles. The maximum Gasteiger partial charge on any atom is 0.0159 e. The fourth-order valence-corrected chi connectivity index (χ4v) is 17.6. The minimum absolute atomic E-state index is 0.178. The first-order chi connectivity index (χ1) is 48.1. The van der Waals surface area contributed by atoms with Gasteiger partial charge in [0.25, 0.3) is 0 Å². The van der Waals surface area contributed by atoms with Crippen LogP contribution in [-0.2, 0) is 10.8 Å². The number of fused-ring (bicyclic) bond motifs is 12. The first kappa shape index (κ1) is 56.4. The summed E-state index contributed by atoms with van der Waals surface area (Å²) in [5, 5.41) is 5.28. The Morgan fingerprint density at radius 1 is 0.153 bits per heavy atom. The van der Waals surface area contributed by atoms with Crippen molar-refractivity contribution in [1.82, 2.24) is 0 Å². The van der Waals surface area contributed by atoms with Crippen molar-refractivity contribution in [3.8, 4) is 167 Å². The molecule has 0 amide bonds. The van der Waals surface area contributed by atoms with Crippen LogP contribution >= 0.6 is 0 Å². The summed E-state index contributed by atoms with van der Waals surface area (Å²) >= 11 is 0. The van der Waals surface area contributed by atoms with Gasteiger partial charge in [0, 0.05) is 10.8 Å². The summed E-state index contributed by atoms with van der Waals surface area (Å²) in [5.74, 6) is 0. The van der Waals surface area contributed by atoms with Gasteiger partial charge in [-0.25, -0.2) is 0 Å². The Hall–Kier alpha value is -12.0. The molecule has 0 atom stereocenters. The highest BCUT2D eigenvalue weighted by Crippen LogP contribution is 2.58. The van der Waals surface area contributed by atoms with E-state index in [1.807, 2.05) is 0 Å². The highest BCUT2D eigenvalue weighted by Gasteiger charge is 2.39. The van der Waals surface area contributed by atoms with E-state index in [-0.39, 0.29) is 10.8 Å². The summed E-state index contributed by atoms with van der Waals surface area (Å²) in [5.41, 5.74) is 43.4. The Bertz CT molecular complexity index is 6010. The smallest absolute Gasteiger partial charge is 0.0159 e. The Balaban J connectivity index is 0.534. The lowest BCUT2D eigenvalue weighted by Crippen LogP contribution is -2.15. The van der Waals surface area contributed by atoms with Gasteiger partial charge in [0.1, 0.15) is 0 Å². The number of hydrogen-bond acceptors (Lipinski definition) is 0. The molecule has 0 spiro atoms. The van der Waals surface area contributed by atoms with Gasteiger partial charge in [-0.2, -0.15) is 0 Å². The van der Waals surface area contributed by atoms with Crippen LogP contribution in [0.1, 0.15) is 49.9 Å². The van der Waals surface area contributed by atoms with E-state index in [0.717, 1.165) is 0 Å². The normalized spacial score (nSPS) is 13.5. The summed E-state index contributed by atoms with van der Waals surface area (Å²) < 4.78 is 0. The second-order valence-corrected chi connectivity index (χ2v) is 28.6. The van der Waals surface area contributed by atoms with Crippen molar-refractivity contribution in [2.45, 2.75) is 38.5 Å². The molecule has 0 unspecified atom stereocenters. The van der Waals surface area contributed by atoms with Crippen LogP contribution in [0.5, 0.6) is 0 Å². The fourth-order valence-electron chi connectivity index (χ4n) is 17.6. The summed E-state index contributed by atoms with van der Waals surface area (Å²) in [7, 11) is 0. The van der Waals surface area contributed by atoms with Crippen LogP contribution in [0, 0.1) is 0 Å². The molecule has 0 heteroatoms. The molecule has 0 fully saturated rings. The lowest BCUT2D eigenvalue weighted by molar-refractivity contribution is 0.660. The second kappa shape index (κ2) is 21.3. The summed E-state index contributed by atoms with van der Waals surface area (Å²) in [6.45, 7) is 9.64. The largest absolute Gasteiger partial charge is 0.0622 e. The van der Waals surface area contributed by atoms with E-state index < -0.39 is 0 Å². The van der Waals surface area contributed by atoms with Gasteiger partial charge in [0.2, 0.25) is 0 Å². The first-order valence-electron chi connectivity index (χ1n) is 34.6. The van der Waals surface area contributed by atoms with Gasteiger partial charge in [-0.1, -0.05) is 331 Å². The van der Waals surface area contributed by atoms with Gasteiger partial charge < -0.3 is 0 Å². The Morgan fingerprint density at radius 2 is 0.357 bits per heavy atom. The lowest BCUT2D eigenvalue weighted by Gasteiger charge is -2.24. The van der Waals surface area contributed by atoms with Crippen LogP contribution in [0.4, 0.5) is 0 Å². The van der Waals surface area contributed by atoms with Crippen LogP contribution in [0.3, 0.4) is 0 Å². The van der Waals surface area contributed by atoms with Crippen LogP contribution in [-0.4, -0.2) is 0 Å². The van der Waals surface area contributed by atoms with Gasteiger partial charge >= 0.3 is 0 Å². The highest BCUT2D eigenvalue weighted by molar-refractivity contribution is 6.22. The predicted octanol–water partition coefficient (Wildman–Crippen LogP) is 26.9. The van der Waals surface area contributed by atoms with Crippen molar-refractivity contribution in [2.75, 3.05) is 0 Å². The van der Waals surface area contributed by atoms with E-state index in [1.54, 1.807) is 0 Å². The molecule has 0 nitrogen and oxygen atoms in total. The van der Waals surface area contributed by atoms with Crippen molar-refractivity contribution in [1.29, 1.82) is 0 Å². The number of hydrogen-bond donors (Lipinski definition) is 0. The molecule has 0 bridgehead atoms. The zero-order valence-electron chi connectivity index (χ0n) is 55.2. The Labute approximate surface area is 573 Å². The minimum atomic E-state index is -0.182. The maximum absolute atomic E-state index is 2.48. The van der Waals surface area contributed by atoms with E-state index in [4.69, 9.17) is 0 Å². The van der Waals surface area contributed by atoms with Crippen molar-refractivity contribution in [3.05, 3.63) is 350 Å². The van der Waals surface area contributed by atoms with E-state index in [0.29, 0.717) is 0 Å². The molecule has 0 radical (unpaired) electrons. The van der Waals surface area contributed by atoms with Crippen LogP contribution in [0.15, 0.2) is 328 Å². The topological polar surface area (TPSA) is 0 Å². The molecule has 458 valence electrons. The quantitative estimate of drug-likeness (QED) is 0.135. The van der Waals surface area contributed by atoms with E-state index >= 15 is 0 Å². The van der Waals surface area contributed by atoms with E-state index in [2.05, 4.69) is 355 Å². The van der Waals surface area contributed by atoms with Gasteiger partial charge in [-0.3, -0.25) is 0 Å². The monoisotopic (exact) mass is 1240 g/mol. The molecule has 0 heterocycles. The van der Waals surface area contributed by atoms with E-state index in [9.17, 15) is 0 Å². The third-order valence-electron chi connectivity index (χ3n) is 22.6. The zero-order chi connectivity index (χ0) is 65.1.